The largest absolute Gasteiger partial charge is 0.509 e. The van der Waals surface area contributed by atoms with Crippen molar-refractivity contribution in [3.8, 4) is 28.4 Å². The molecule has 384 valence electrons. The predicted molar refractivity (Wildman–Crippen MR) is 321 cm³/mol. The Morgan fingerprint density at radius 2 is 1.09 bits per heavy atom. The van der Waals surface area contributed by atoms with Gasteiger partial charge < -0.3 is 18.8 Å². The van der Waals surface area contributed by atoms with Crippen molar-refractivity contribution in [1.82, 2.24) is 14.1 Å². The zero-order chi connectivity index (χ0) is 52.3. The predicted octanol–water partition coefficient (Wildman–Crippen LogP) is 18.3. The monoisotopic (exact) mass is 1190 g/mol. The molecule has 0 bridgehead atoms. The SMILES string of the molecule is CC(C)(C)c1cc(-c2cccc3c4ccccc4c4ccccc4c4cc(C(C)(C)C)cc5c4n(c23)[CH-]N5c2[c-]c(Oc3[c-]c4c(cc3)c3ccccc3n4-c3cc(C(C)(C)C)ccn3)ccc2)cc([Si](C)(C)C)c1.[Pt]. The standard InChI is InChI=1S/C69H65N4OSi.Pt/c1-67(2,3)45-33-34-70-64(40-45)73-61-30-18-17-27-57(61)58-32-31-50(42-62(58)73)74-49-22-19-21-48(41-49)71-43-72-65-52(44-35-46(68(4,5)6)37-51(36-44)75(10,11)12)28-20-29-59(65)55-25-15-13-23-53(55)54-24-14-16-26-56(54)60-38-47(69(7,8)9)39-63(71)66(60)72;/h13-40,43H,1-12H3;/q-3;. The zero-order valence-electron chi connectivity index (χ0n) is 45.8. The molecule has 76 heavy (non-hydrogen) atoms. The third-order valence-electron chi connectivity index (χ3n) is 15.3. The minimum Gasteiger partial charge on any atom is -0.509 e. The number of hydrogen-bond donors (Lipinski definition) is 0. The summed E-state index contributed by atoms with van der Waals surface area (Å²) in [6.45, 7) is 30.4. The second kappa shape index (κ2) is 18.6. The maximum Gasteiger partial charge on any atom is 0.135 e. The fourth-order valence-corrected chi connectivity index (χ4v) is 12.2. The zero-order valence-corrected chi connectivity index (χ0v) is 49.0. The molecule has 12 rings (SSSR count). The van der Waals surface area contributed by atoms with E-state index in [0.717, 1.165) is 50.0 Å². The molecular formula is C69H65N4OPtSi-3. The van der Waals surface area contributed by atoms with Crippen LogP contribution in [0.25, 0.3) is 82.1 Å². The van der Waals surface area contributed by atoms with Crippen molar-refractivity contribution in [3.63, 3.8) is 0 Å². The molecule has 0 amide bonds. The van der Waals surface area contributed by atoms with E-state index in [4.69, 9.17) is 9.72 Å². The number of anilines is 2. The third kappa shape index (κ3) is 8.87. The van der Waals surface area contributed by atoms with Gasteiger partial charge in [-0.05, 0) is 124 Å². The van der Waals surface area contributed by atoms with Gasteiger partial charge in [0.25, 0.3) is 0 Å². The molecule has 0 N–H and O–H groups in total. The van der Waals surface area contributed by atoms with E-state index in [1.54, 1.807) is 0 Å². The van der Waals surface area contributed by atoms with Crippen molar-refractivity contribution in [1.29, 1.82) is 0 Å². The van der Waals surface area contributed by atoms with Crippen LogP contribution in [-0.4, -0.2) is 22.2 Å². The number of pyridine rings is 1. The normalized spacial score (nSPS) is 13.0. The summed E-state index contributed by atoms with van der Waals surface area (Å²) < 4.78 is 11.6. The molecule has 0 spiro atoms. The summed E-state index contributed by atoms with van der Waals surface area (Å²) in [5.74, 6) is 2.05. The first-order valence-electron chi connectivity index (χ1n) is 26.4. The van der Waals surface area contributed by atoms with E-state index < -0.39 is 8.07 Å². The van der Waals surface area contributed by atoms with Crippen LogP contribution in [0.3, 0.4) is 0 Å². The molecule has 4 heterocycles. The third-order valence-corrected chi connectivity index (χ3v) is 17.3. The van der Waals surface area contributed by atoms with Crippen LogP contribution in [0.1, 0.15) is 79.0 Å². The molecule has 3 aromatic heterocycles. The number of benzene rings is 8. The quantitative estimate of drug-likeness (QED) is 0.123. The number of rotatable bonds is 6. The van der Waals surface area contributed by atoms with Gasteiger partial charge in [-0.2, -0.15) is 12.1 Å². The number of hydrogen-bond acceptors (Lipinski definition) is 3. The number of para-hydroxylation sites is 2. The molecule has 0 unspecified atom stereocenters. The summed E-state index contributed by atoms with van der Waals surface area (Å²) in [7, 11) is -1.76. The molecule has 0 radical (unpaired) electrons. The van der Waals surface area contributed by atoms with Crippen molar-refractivity contribution in [2.75, 3.05) is 4.90 Å². The van der Waals surface area contributed by atoms with E-state index >= 15 is 0 Å². The molecule has 0 aliphatic carbocycles. The van der Waals surface area contributed by atoms with E-state index in [1.807, 2.05) is 18.3 Å². The van der Waals surface area contributed by atoms with Gasteiger partial charge in [0.05, 0.1) is 8.07 Å². The Morgan fingerprint density at radius 1 is 0.500 bits per heavy atom. The van der Waals surface area contributed by atoms with E-state index in [9.17, 15) is 0 Å². The fourth-order valence-electron chi connectivity index (χ4n) is 11.0. The number of aromatic nitrogens is 3. The Morgan fingerprint density at radius 3 is 1.76 bits per heavy atom. The summed E-state index contributed by atoms with van der Waals surface area (Å²) in [4.78, 5) is 7.25. The summed E-state index contributed by atoms with van der Waals surface area (Å²) >= 11 is 0. The first-order valence-corrected chi connectivity index (χ1v) is 29.9. The van der Waals surface area contributed by atoms with Gasteiger partial charge in [0.1, 0.15) is 5.82 Å². The van der Waals surface area contributed by atoms with Gasteiger partial charge in [-0.1, -0.05) is 208 Å². The number of ether oxygens (including phenoxy) is 1. The summed E-state index contributed by atoms with van der Waals surface area (Å²) in [6.07, 6.45) is 1.91. The van der Waals surface area contributed by atoms with Crippen LogP contribution in [0.15, 0.2) is 170 Å². The van der Waals surface area contributed by atoms with E-state index in [2.05, 4.69) is 266 Å². The van der Waals surface area contributed by atoms with E-state index in [1.165, 1.54) is 65.3 Å². The van der Waals surface area contributed by atoms with Crippen LogP contribution in [0, 0.1) is 18.8 Å². The Labute approximate surface area is 463 Å². The summed E-state index contributed by atoms with van der Waals surface area (Å²) in [5, 5.41) is 10.9. The molecular weight excluding hydrogens is 1120 g/mol. The Hall–Kier alpha value is -7.11. The topological polar surface area (TPSA) is 35.2 Å². The van der Waals surface area contributed by atoms with Crippen molar-refractivity contribution in [3.05, 3.63) is 205 Å². The van der Waals surface area contributed by atoms with Crippen LogP contribution in [0.5, 0.6) is 11.5 Å². The first-order chi connectivity index (χ1) is 35.7. The van der Waals surface area contributed by atoms with Crippen LogP contribution < -0.4 is 14.8 Å². The molecule has 11 aromatic rings. The Bertz CT molecular complexity index is 4160. The van der Waals surface area contributed by atoms with Crippen LogP contribution in [0.2, 0.25) is 19.6 Å². The first kappa shape index (κ1) is 51.0. The van der Waals surface area contributed by atoms with Gasteiger partial charge >= 0.3 is 0 Å². The van der Waals surface area contributed by atoms with Crippen LogP contribution in [0.4, 0.5) is 11.4 Å². The van der Waals surface area contributed by atoms with Crippen LogP contribution >= 0.6 is 0 Å². The van der Waals surface area contributed by atoms with E-state index in [0.29, 0.717) is 11.5 Å². The second-order valence-electron chi connectivity index (χ2n) is 24.7. The molecule has 0 saturated carbocycles. The minimum absolute atomic E-state index is 0. The molecule has 0 atom stereocenters. The minimum atomic E-state index is -1.76. The van der Waals surface area contributed by atoms with Crippen molar-refractivity contribution in [2.24, 2.45) is 0 Å². The molecule has 5 nitrogen and oxygen atoms in total. The van der Waals surface area contributed by atoms with Crippen molar-refractivity contribution < 1.29 is 25.8 Å². The molecule has 0 saturated heterocycles. The summed E-state index contributed by atoms with van der Waals surface area (Å²) in [6, 6.07) is 67.8. The number of fused-ring (bicyclic) bond motifs is 10. The fraction of sp³-hybridized carbons (Fsp3) is 0.217. The average molecular weight is 1190 g/mol. The summed E-state index contributed by atoms with van der Waals surface area (Å²) in [5.41, 5.74) is 12.2. The van der Waals surface area contributed by atoms with Gasteiger partial charge in [-0.25, -0.2) is 4.98 Å². The number of nitrogens with zero attached hydrogens (tertiary/aromatic N) is 4. The van der Waals surface area contributed by atoms with Crippen LogP contribution in [-0.2, 0) is 37.3 Å². The molecule has 8 aromatic carbocycles. The maximum absolute atomic E-state index is 6.86. The molecule has 1 aliphatic heterocycles. The smallest absolute Gasteiger partial charge is 0.135 e. The van der Waals surface area contributed by atoms with Gasteiger partial charge in [-0.3, -0.25) is 0 Å². The maximum atomic E-state index is 6.86. The van der Waals surface area contributed by atoms with Gasteiger partial charge in [0, 0.05) is 50.0 Å². The Kier molecular flexibility index (Phi) is 12.5. The average Bonchev–Trinajstić information content (AvgIpc) is 3.98. The van der Waals surface area contributed by atoms with Gasteiger partial charge in [0.15, 0.2) is 0 Å². The molecule has 7 heteroatoms. The molecule has 1 aliphatic rings. The van der Waals surface area contributed by atoms with Crippen molar-refractivity contribution in [2.45, 2.75) is 98.2 Å². The second-order valence-corrected chi connectivity index (χ2v) is 29.8. The van der Waals surface area contributed by atoms with Gasteiger partial charge in [-0.15, -0.1) is 35.7 Å². The molecule has 0 fully saturated rings. The van der Waals surface area contributed by atoms with Gasteiger partial charge in [0.2, 0.25) is 0 Å². The Balaban J connectivity index is 0.00000616. The van der Waals surface area contributed by atoms with Crippen molar-refractivity contribution >= 4 is 89.8 Å². The van der Waals surface area contributed by atoms with E-state index in [-0.39, 0.29) is 37.3 Å².